The van der Waals surface area contributed by atoms with Crippen molar-refractivity contribution in [2.45, 2.75) is 27.2 Å². The molecule has 3 rings (SSSR count). The molecule has 0 spiro atoms. The van der Waals surface area contributed by atoms with Gasteiger partial charge in [0.1, 0.15) is 10.8 Å². The maximum atomic E-state index is 5.62. The van der Waals surface area contributed by atoms with Crippen LogP contribution in [0.3, 0.4) is 0 Å². The lowest BCUT2D eigenvalue weighted by Gasteiger charge is -2.12. The molecular formula is C27H33N2O2S+. The second kappa shape index (κ2) is 13.3. The molecule has 0 aromatic heterocycles. The van der Waals surface area contributed by atoms with Crippen LogP contribution >= 0.6 is 11.9 Å². The summed E-state index contributed by atoms with van der Waals surface area (Å²) < 4.78 is 13.3. The minimum atomic E-state index is 0.779. The Morgan fingerprint density at radius 1 is 0.844 bits per heavy atom. The van der Waals surface area contributed by atoms with Gasteiger partial charge in [0.05, 0.1) is 19.8 Å². The van der Waals surface area contributed by atoms with Crippen molar-refractivity contribution in [1.82, 2.24) is 0 Å². The van der Waals surface area contributed by atoms with Crippen LogP contribution in [0.2, 0.25) is 0 Å². The van der Waals surface area contributed by atoms with E-state index in [-0.39, 0.29) is 0 Å². The molecule has 4 nitrogen and oxygen atoms in total. The van der Waals surface area contributed by atoms with E-state index in [2.05, 4.69) is 36.6 Å². The lowest BCUT2D eigenvalue weighted by Crippen LogP contribution is -2.13. The molecule has 0 fully saturated rings. The van der Waals surface area contributed by atoms with E-state index in [1.165, 1.54) is 18.4 Å². The number of nitrogens with one attached hydrogen (secondary N) is 1. The molecule has 0 amide bonds. The first-order valence-corrected chi connectivity index (χ1v) is 11.4. The Balaban J connectivity index is 0.00000114. The zero-order valence-electron chi connectivity index (χ0n) is 19.6. The summed E-state index contributed by atoms with van der Waals surface area (Å²) in [6.07, 6.45) is 1.25. The zero-order valence-corrected chi connectivity index (χ0v) is 20.4. The smallest absolute Gasteiger partial charge is 0.261 e. The Bertz CT molecular complexity index is 1030. The van der Waals surface area contributed by atoms with Gasteiger partial charge in [0.2, 0.25) is 17.7 Å². The minimum Gasteiger partial charge on any atom is -0.496 e. The van der Waals surface area contributed by atoms with Crippen LogP contribution in [0.25, 0.3) is 0 Å². The predicted octanol–water partition coefficient (Wildman–Crippen LogP) is 7.50. The molecule has 5 heteroatoms. The van der Waals surface area contributed by atoms with Crippen LogP contribution in [0.5, 0.6) is 11.5 Å². The SMILES string of the molecule is C=C(Nc1ccccc1)S/[N+](=C(\C)c1ccccc1OC)c1ccccc1OC.CCC. The molecule has 0 aliphatic rings. The minimum absolute atomic E-state index is 0.779. The summed E-state index contributed by atoms with van der Waals surface area (Å²) in [5.41, 5.74) is 3.92. The molecule has 0 saturated heterocycles. The van der Waals surface area contributed by atoms with E-state index in [9.17, 15) is 0 Å². The second-order valence-corrected chi connectivity index (χ2v) is 8.01. The lowest BCUT2D eigenvalue weighted by atomic mass is 10.1. The first kappa shape index (κ1) is 25.1. The van der Waals surface area contributed by atoms with Crippen LogP contribution < -0.4 is 14.8 Å². The van der Waals surface area contributed by atoms with Crippen molar-refractivity contribution in [3.63, 3.8) is 0 Å². The van der Waals surface area contributed by atoms with E-state index in [0.717, 1.165) is 39.2 Å². The summed E-state index contributed by atoms with van der Waals surface area (Å²) in [4.78, 5) is 0. The molecule has 0 radical (unpaired) electrons. The Labute approximate surface area is 196 Å². The van der Waals surface area contributed by atoms with Crippen LogP contribution in [0.4, 0.5) is 11.4 Å². The number of nitrogens with zero attached hydrogens (tertiary/aromatic N) is 1. The molecule has 32 heavy (non-hydrogen) atoms. The number of ether oxygens (including phenoxy) is 2. The fourth-order valence-electron chi connectivity index (χ4n) is 2.96. The lowest BCUT2D eigenvalue weighted by molar-refractivity contribution is -0.239. The molecule has 0 heterocycles. The standard InChI is InChI=1S/C24H25N2O2S.C3H8/c1-18(21-14-8-10-16-23(21)27-3)26(22-15-9-11-17-24(22)28-4)29-19(2)25-20-12-6-5-7-13-20;1-3-2/h5-17,25H,2H2,1,3-4H3;3H2,1-2H3/q+1;/b26-18+;. The maximum absolute atomic E-state index is 5.62. The van der Waals surface area contributed by atoms with Gasteiger partial charge < -0.3 is 14.8 Å². The number of benzene rings is 3. The molecule has 0 unspecified atom stereocenters. The van der Waals surface area contributed by atoms with Gasteiger partial charge in [-0.2, -0.15) is 0 Å². The van der Waals surface area contributed by atoms with Gasteiger partial charge in [0.15, 0.2) is 5.75 Å². The Kier molecular flexibility index (Phi) is 10.4. The van der Waals surface area contributed by atoms with Crippen LogP contribution in [-0.4, -0.2) is 23.9 Å². The van der Waals surface area contributed by atoms with Gasteiger partial charge in [0, 0.05) is 18.7 Å². The highest BCUT2D eigenvalue weighted by molar-refractivity contribution is 7.97. The van der Waals surface area contributed by atoms with Crippen molar-refractivity contribution in [2.24, 2.45) is 0 Å². The molecule has 1 N–H and O–H groups in total. The highest BCUT2D eigenvalue weighted by Gasteiger charge is 2.25. The van der Waals surface area contributed by atoms with Crippen molar-refractivity contribution >= 4 is 29.0 Å². The van der Waals surface area contributed by atoms with Gasteiger partial charge in [-0.25, -0.2) is 0 Å². The van der Waals surface area contributed by atoms with Gasteiger partial charge in [-0.05, 0) is 30.3 Å². The summed E-state index contributed by atoms with van der Waals surface area (Å²) in [5.74, 6) is 1.59. The van der Waals surface area contributed by atoms with E-state index in [1.807, 2.05) is 78.9 Å². The van der Waals surface area contributed by atoms with Gasteiger partial charge in [-0.1, -0.05) is 69.3 Å². The van der Waals surface area contributed by atoms with Crippen molar-refractivity contribution in [2.75, 3.05) is 19.5 Å². The molecule has 3 aromatic rings. The molecule has 168 valence electrons. The Morgan fingerprint density at radius 2 is 1.38 bits per heavy atom. The Hall–Kier alpha value is -3.18. The monoisotopic (exact) mass is 449 g/mol. The number of para-hydroxylation sites is 4. The average Bonchev–Trinajstić information content (AvgIpc) is 2.83. The molecule has 3 aromatic carbocycles. The van der Waals surface area contributed by atoms with Gasteiger partial charge in [-0.15, -0.1) is 3.98 Å². The quantitative estimate of drug-likeness (QED) is 0.219. The largest absolute Gasteiger partial charge is 0.496 e. The molecule has 0 aliphatic carbocycles. The van der Waals surface area contributed by atoms with Gasteiger partial charge in [-0.3, -0.25) is 0 Å². The van der Waals surface area contributed by atoms with E-state index in [4.69, 9.17) is 9.47 Å². The van der Waals surface area contributed by atoms with E-state index in [1.54, 1.807) is 14.2 Å². The number of hydrogen-bond acceptors (Lipinski definition) is 4. The third-order valence-corrected chi connectivity index (χ3v) is 5.34. The molecule has 0 atom stereocenters. The zero-order chi connectivity index (χ0) is 23.3. The van der Waals surface area contributed by atoms with E-state index >= 15 is 0 Å². The van der Waals surface area contributed by atoms with Crippen molar-refractivity contribution in [1.29, 1.82) is 0 Å². The van der Waals surface area contributed by atoms with Crippen molar-refractivity contribution < 1.29 is 13.5 Å². The molecule has 0 bridgehead atoms. The first-order chi connectivity index (χ1) is 15.5. The Morgan fingerprint density at radius 3 is 2.00 bits per heavy atom. The van der Waals surface area contributed by atoms with E-state index < -0.39 is 0 Å². The van der Waals surface area contributed by atoms with Crippen LogP contribution in [0.15, 0.2) is 90.5 Å². The highest BCUT2D eigenvalue weighted by Crippen LogP contribution is 2.35. The predicted molar refractivity (Wildman–Crippen MR) is 138 cm³/mol. The molecular weight excluding hydrogens is 416 g/mol. The first-order valence-electron chi connectivity index (χ1n) is 10.6. The fraction of sp³-hybridized carbons (Fsp3) is 0.222. The van der Waals surface area contributed by atoms with E-state index in [0.29, 0.717) is 0 Å². The second-order valence-electron chi connectivity index (χ2n) is 6.96. The molecule has 0 saturated carbocycles. The van der Waals surface area contributed by atoms with Crippen LogP contribution in [0, 0.1) is 0 Å². The average molecular weight is 450 g/mol. The number of rotatable bonds is 8. The number of methoxy groups -OCH3 is 2. The summed E-state index contributed by atoms with van der Waals surface area (Å²) in [5, 5.41) is 4.14. The fourth-order valence-corrected chi connectivity index (χ4v) is 3.83. The van der Waals surface area contributed by atoms with Crippen molar-refractivity contribution in [3.05, 3.63) is 96.0 Å². The third kappa shape index (κ3) is 6.92. The number of hydrogen-bond donors (Lipinski definition) is 1. The summed E-state index contributed by atoms with van der Waals surface area (Å²) in [7, 11) is 3.36. The summed E-state index contributed by atoms with van der Waals surface area (Å²) in [6.45, 7) is 10.5. The summed E-state index contributed by atoms with van der Waals surface area (Å²) in [6, 6.07) is 25.9. The normalized spacial score (nSPS) is 10.9. The van der Waals surface area contributed by atoms with Crippen LogP contribution in [0.1, 0.15) is 32.8 Å². The number of anilines is 1. The highest BCUT2D eigenvalue weighted by atomic mass is 32.2. The third-order valence-electron chi connectivity index (χ3n) is 4.36. The topological polar surface area (TPSA) is 33.5 Å². The maximum Gasteiger partial charge on any atom is 0.261 e. The summed E-state index contributed by atoms with van der Waals surface area (Å²) >= 11 is 1.50. The molecule has 0 aliphatic heterocycles. The van der Waals surface area contributed by atoms with Crippen molar-refractivity contribution in [3.8, 4) is 11.5 Å². The van der Waals surface area contributed by atoms with Crippen LogP contribution in [-0.2, 0) is 0 Å². The van der Waals surface area contributed by atoms with Gasteiger partial charge >= 0.3 is 0 Å². The van der Waals surface area contributed by atoms with Gasteiger partial charge in [0.25, 0.3) is 5.69 Å².